The van der Waals surface area contributed by atoms with Crippen LogP contribution in [-0.4, -0.2) is 69.6 Å². The highest BCUT2D eigenvalue weighted by molar-refractivity contribution is 7.87. The lowest BCUT2D eigenvalue weighted by atomic mass is 10.0. The number of hydrogen-bond donors (Lipinski definition) is 6. The third-order valence-electron chi connectivity index (χ3n) is 6.70. The summed E-state index contributed by atoms with van der Waals surface area (Å²) in [5, 5.41) is 29.2. The lowest BCUT2D eigenvalue weighted by molar-refractivity contribution is -0.514. The van der Waals surface area contributed by atoms with Crippen LogP contribution in [0, 0.1) is 0 Å². The molecular weight excluding hydrogens is 544 g/mol. The van der Waals surface area contributed by atoms with E-state index in [-0.39, 0.29) is 6.10 Å². The van der Waals surface area contributed by atoms with Crippen LogP contribution in [0.25, 0.3) is 0 Å². The molecule has 242 valence electrons. The Bertz CT molecular complexity index is 621. The number of hydroxylamine groups is 2. The molecule has 0 aromatic carbocycles. The summed E-state index contributed by atoms with van der Waals surface area (Å²) in [6, 6.07) is 0. The Labute approximate surface area is 242 Å². The van der Waals surface area contributed by atoms with Crippen molar-refractivity contribution in [1.82, 2.24) is 21.6 Å². The fraction of sp³-hybridized carbons (Fsp3) is 1.00. The average Bonchev–Trinajstić information content (AvgIpc) is 2.94. The van der Waals surface area contributed by atoms with Gasteiger partial charge in [-0.1, -0.05) is 81.7 Å². The maximum Gasteiger partial charge on any atom is 0.270 e. The van der Waals surface area contributed by atoms with Crippen LogP contribution in [0.2, 0.25) is 0 Å². The van der Waals surface area contributed by atoms with Gasteiger partial charge in [0.1, 0.15) is 0 Å². The minimum Gasteiger partial charge on any atom is -0.315 e. The summed E-state index contributed by atoms with van der Waals surface area (Å²) in [6.07, 6.45) is 14.4. The minimum absolute atomic E-state index is 0.281. The summed E-state index contributed by atoms with van der Waals surface area (Å²) in [5.74, 6) is 0. The molecule has 2 atom stereocenters. The zero-order valence-corrected chi connectivity index (χ0v) is 25.7. The van der Waals surface area contributed by atoms with Crippen molar-refractivity contribution >= 4 is 10.1 Å². The highest BCUT2D eigenvalue weighted by atomic mass is 32.2. The molecule has 0 heterocycles. The largest absolute Gasteiger partial charge is 0.315 e. The number of nitrogens with one attached hydrogen (secondary N) is 4. The van der Waals surface area contributed by atoms with Crippen molar-refractivity contribution in [1.29, 1.82) is 0 Å². The molecule has 0 saturated heterocycles. The van der Waals surface area contributed by atoms with Gasteiger partial charge in [0.15, 0.2) is 0 Å². The molecule has 0 aromatic rings. The molecule has 0 radical (unpaired) electrons. The fourth-order valence-corrected chi connectivity index (χ4v) is 6.09. The maximum absolute atomic E-state index is 13.5. The van der Waals surface area contributed by atoms with Gasteiger partial charge in [-0.25, -0.2) is 10.5 Å². The number of rotatable bonds is 33. The Kier molecular flexibility index (Phi) is 29.6. The van der Waals surface area contributed by atoms with Crippen LogP contribution in [0.1, 0.15) is 117 Å². The molecule has 0 saturated carbocycles. The van der Waals surface area contributed by atoms with Crippen LogP contribution in [0.3, 0.4) is 0 Å². The van der Waals surface area contributed by atoms with Crippen molar-refractivity contribution in [3.05, 3.63) is 0 Å². The first kappa shape index (κ1) is 39.5. The van der Waals surface area contributed by atoms with Gasteiger partial charge in [-0.2, -0.15) is 19.4 Å². The van der Waals surface area contributed by atoms with Crippen molar-refractivity contribution in [2.75, 3.05) is 39.3 Å². The van der Waals surface area contributed by atoms with Gasteiger partial charge < -0.3 is 10.6 Å². The number of unbranched alkanes of at least 4 members (excludes halogenated alkanes) is 8. The third kappa shape index (κ3) is 25.2. The molecule has 0 aliphatic carbocycles. The van der Waals surface area contributed by atoms with Crippen molar-refractivity contribution in [3.8, 4) is 0 Å². The van der Waals surface area contributed by atoms with Gasteiger partial charge in [-0.15, -0.1) is 9.98 Å². The monoisotopic (exact) mass is 602 g/mol. The molecule has 0 aliphatic heterocycles. The normalized spacial score (nSPS) is 13.6. The van der Waals surface area contributed by atoms with E-state index in [9.17, 15) is 8.42 Å². The van der Waals surface area contributed by atoms with Crippen LogP contribution in [0.4, 0.5) is 0 Å². The molecule has 6 N–H and O–H groups in total. The Hall–Kier alpha value is -0.490. The van der Waals surface area contributed by atoms with Crippen molar-refractivity contribution in [3.63, 3.8) is 0 Å². The molecule has 0 fully saturated rings. The summed E-state index contributed by atoms with van der Waals surface area (Å²) >= 11 is 0. The van der Waals surface area contributed by atoms with Crippen molar-refractivity contribution in [2.45, 2.75) is 128 Å². The van der Waals surface area contributed by atoms with Gasteiger partial charge in [-0.05, 0) is 58.0 Å². The first-order chi connectivity index (χ1) is 19.5. The van der Waals surface area contributed by atoms with Crippen LogP contribution >= 0.6 is 0 Å². The molecule has 0 aromatic heterocycles. The average molecular weight is 603 g/mol. The fourth-order valence-electron chi connectivity index (χ4n) is 4.45. The van der Waals surface area contributed by atoms with Gasteiger partial charge >= 0.3 is 0 Å². The Balaban J connectivity index is 4.77. The quantitative estimate of drug-likeness (QED) is 0.0271. The SMILES string of the molecule is CCCCCCC(CCCCNCCNOOO)OS(=O)(=O)C(CCCCCC)CCCCNCCNOOO. The molecule has 0 bridgehead atoms. The number of hydrogen-bond acceptors (Lipinski definition) is 13. The minimum atomic E-state index is -3.67. The van der Waals surface area contributed by atoms with Crippen molar-refractivity contribution in [2.24, 2.45) is 0 Å². The lowest BCUT2D eigenvalue weighted by Gasteiger charge is -2.23. The zero-order valence-electron chi connectivity index (χ0n) is 24.9. The van der Waals surface area contributed by atoms with E-state index in [0.717, 1.165) is 103 Å². The van der Waals surface area contributed by atoms with Gasteiger partial charge in [0.2, 0.25) is 0 Å². The van der Waals surface area contributed by atoms with Crippen LogP contribution < -0.4 is 21.6 Å². The van der Waals surface area contributed by atoms with E-state index in [1.807, 2.05) is 0 Å². The summed E-state index contributed by atoms with van der Waals surface area (Å²) in [6.45, 7) is 8.09. The van der Waals surface area contributed by atoms with Crippen LogP contribution in [0.5, 0.6) is 0 Å². The second kappa shape index (κ2) is 30.0. The van der Waals surface area contributed by atoms with Crippen LogP contribution in [0.15, 0.2) is 0 Å². The molecule has 2 unspecified atom stereocenters. The molecule has 0 spiro atoms. The van der Waals surface area contributed by atoms with E-state index in [1.54, 1.807) is 0 Å². The first-order valence-corrected chi connectivity index (χ1v) is 16.7. The standard InChI is InChI=1S/C26H58N4O9S/c1-3-5-7-9-15-25(16-11-13-19-27-21-23-29-36-38-31)35-40(33,34)26(17-10-8-6-4-2)18-12-14-20-28-22-24-30-37-39-32/h25-32H,3-24H2,1-2H3. The predicted octanol–water partition coefficient (Wildman–Crippen LogP) is 4.38. The third-order valence-corrected chi connectivity index (χ3v) is 8.53. The second-order valence-electron chi connectivity index (χ2n) is 10.1. The summed E-state index contributed by atoms with van der Waals surface area (Å²) < 4.78 is 32.9. The first-order valence-electron chi connectivity index (χ1n) is 15.2. The molecule has 13 nitrogen and oxygen atoms in total. The summed E-state index contributed by atoms with van der Waals surface area (Å²) in [7, 11) is -3.67. The maximum atomic E-state index is 13.5. The van der Waals surface area contributed by atoms with Gasteiger partial charge in [0, 0.05) is 26.2 Å². The van der Waals surface area contributed by atoms with E-state index in [2.05, 4.69) is 55.5 Å². The Morgan fingerprint density at radius 2 is 1.02 bits per heavy atom. The van der Waals surface area contributed by atoms with E-state index in [0.29, 0.717) is 39.0 Å². The van der Waals surface area contributed by atoms with Crippen LogP contribution in [-0.2, 0) is 34.4 Å². The smallest absolute Gasteiger partial charge is 0.270 e. The molecule has 0 rings (SSSR count). The molecule has 0 aliphatic rings. The highest BCUT2D eigenvalue weighted by Crippen LogP contribution is 2.24. The Morgan fingerprint density at radius 1 is 0.575 bits per heavy atom. The van der Waals surface area contributed by atoms with Gasteiger partial charge in [-0.3, -0.25) is 4.18 Å². The van der Waals surface area contributed by atoms with Crippen molar-refractivity contribution < 1.29 is 43.2 Å². The summed E-state index contributed by atoms with van der Waals surface area (Å²) in [5.41, 5.74) is 4.84. The topological polar surface area (TPSA) is 169 Å². The van der Waals surface area contributed by atoms with Gasteiger partial charge in [0.05, 0.1) is 11.4 Å². The predicted molar refractivity (Wildman–Crippen MR) is 154 cm³/mol. The van der Waals surface area contributed by atoms with E-state index < -0.39 is 15.4 Å². The van der Waals surface area contributed by atoms with Gasteiger partial charge in [0.25, 0.3) is 10.1 Å². The summed E-state index contributed by atoms with van der Waals surface area (Å²) in [4.78, 5) is 8.36. The zero-order chi connectivity index (χ0) is 29.6. The molecule has 0 amide bonds. The van der Waals surface area contributed by atoms with E-state index in [4.69, 9.17) is 14.7 Å². The molecule has 40 heavy (non-hydrogen) atoms. The molecular formula is C26H58N4O9S. The van der Waals surface area contributed by atoms with E-state index >= 15 is 0 Å². The van der Waals surface area contributed by atoms with E-state index in [1.165, 1.54) is 0 Å². The molecule has 14 heteroatoms. The second-order valence-corrected chi connectivity index (χ2v) is 12.0. The lowest BCUT2D eigenvalue weighted by Crippen LogP contribution is -2.30. The highest BCUT2D eigenvalue weighted by Gasteiger charge is 2.29. The Morgan fingerprint density at radius 3 is 1.50 bits per heavy atom.